The minimum Gasteiger partial charge on any atom is -0.442 e. The van der Waals surface area contributed by atoms with Crippen molar-refractivity contribution < 1.29 is 23.9 Å². The third-order valence-corrected chi connectivity index (χ3v) is 5.68. The zero-order chi connectivity index (χ0) is 22.8. The summed E-state index contributed by atoms with van der Waals surface area (Å²) in [4.78, 5) is 50.3. The van der Waals surface area contributed by atoms with Crippen LogP contribution in [0.15, 0.2) is 36.5 Å². The van der Waals surface area contributed by atoms with E-state index in [4.69, 9.17) is 4.74 Å². The van der Waals surface area contributed by atoms with E-state index in [0.29, 0.717) is 29.8 Å². The van der Waals surface area contributed by atoms with Gasteiger partial charge in [0.15, 0.2) is 0 Å². The Labute approximate surface area is 184 Å². The van der Waals surface area contributed by atoms with E-state index in [-0.39, 0.29) is 24.3 Å². The fourth-order valence-electron chi connectivity index (χ4n) is 3.88. The van der Waals surface area contributed by atoms with Crippen LogP contribution in [-0.2, 0) is 20.9 Å². The van der Waals surface area contributed by atoms with Crippen LogP contribution >= 0.6 is 0 Å². The molecule has 1 aromatic carbocycles. The van der Waals surface area contributed by atoms with Crippen molar-refractivity contribution >= 4 is 23.8 Å². The second-order valence-corrected chi connectivity index (χ2v) is 7.88. The predicted molar refractivity (Wildman–Crippen MR) is 111 cm³/mol. The number of fused-ring (bicyclic) bond motifs is 1. The minimum absolute atomic E-state index is 0.203. The van der Waals surface area contributed by atoms with E-state index in [1.165, 1.54) is 4.90 Å². The van der Waals surface area contributed by atoms with E-state index >= 15 is 0 Å². The van der Waals surface area contributed by atoms with Crippen molar-refractivity contribution in [3.8, 4) is 0 Å². The van der Waals surface area contributed by atoms with E-state index < -0.39 is 24.1 Å². The van der Waals surface area contributed by atoms with Crippen molar-refractivity contribution in [1.29, 1.82) is 0 Å². The summed E-state index contributed by atoms with van der Waals surface area (Å²) in [5.74, 6) is -1.05. The van der Waals surface area contributed by atoms with Crippen LogP contribution in [0.4, 0.5) is 4.79 Å². The van der Waals surface area contributed by atoms with Crippen LogP contribution in [0.2, 0.25) is 0 Å². The van der Waals surface area contributed by atoms with Crippen LogP contribution in [0.25, 0.3) is 0 Å². The number of ether oxygens (including phenoxy) is 1. The van der Waals surface area contributed by atoms with Crippen molar-refractivity contribution in [2.45, 2.75) is 51.4 Å². The number of hydrogen-bond acceptors (Lipinski definition) is 7. The fraction of sp³-hybridized carbons (Fsp3) is 0.364. The van der Waals surface area contributed by atoms with Gasteiger partial charge in [0, 0.05) is 24.7 Å². The number of carbonyl (C=O) groups excluding carboxylic acids is 4. The van der Waals surface area contributed by atoms with Gasteiger partial charge in [0.05, 0.1) is 11.7 Å². The van der Waals surface area contributed by atoms with Gasteiger partial charge in [0.1, 0.15) is 12.1 Å². The highest BCUT2D eigenvalue weighted by molar-refractivity contribution is 6.05. The number of carbonyl (C=O) groups is 4. The van der Waals surface area contributed by atoms with Crippen LogP contribution in [-0.4, -0.2) is 45.0 Å². The molecule has 2 N–H and O–H groups in total. The SMILES string of the molecule is CC(NC(=O)OC(C)c1ccc2c(c1)C(=O)N(C1CCC(=O)NC1=O)C2)c1cccnn1. The molecule has 0 saturated carbocycles. The lowest BCUT2D eigenvalue weighted by molar-refractivity contribution is -0.136. The smallest absolute Gasteiger partial charge is 0.408 e. The van der Waals surface area contributed by atoms with E-state index in [9.17, 15) is 19.2 Å². The quantitative estimate of drug-likeness (QED) is 0.682. The molecule has 0 bridgehead atoms. The lowest BCUT2D eigenvalue weighted by atomic mass is 10.0. The van der Waals surface area contributed by atoms with Crippen LogP contribution in [0, 0.1) is 0 Å². The molecule has 1 saturated heterocycles. The van der Waals surface area contributed by atoms with Gasteiger partial charge in [-0.25, -0.2) is 4.79 Å². The molecule has 3 unspecified atom stereocenters. The molecule has 2 aromatic rings. The molecule has 0 radical (unpaired) electrons. The van der Waals surface area contributed by atoms with Gasteiger partial charge in [0.2, 0.25) is 11.8 Å². The van der Waals surface area contributed by atoms with Gasteiger partial charge in [-0.15, -0.1) is 0 Å². The Balaban J connectivity index is 1.41. The first-order valence-corrected chi connectivity index (χ1v) is 10.4. The Morgan fingerprint density at radius 2 is 2.06 bits per heavy atom. The van der Waals surface area contributed by atoms with Gasteiger partial charge in [-0.2, -0.15) is 10.2 Å². The maximum Gasteiger partial charge on any atom is 0.408 e. The predicted octanol–water partition coefficient (Wildman–Crippen LogP) is 1.79. The third-order valence-electron chi connectivity index (χ3n) is 5.68. The van der Waals surface area contributed by atoms with Gasteiger partial charge in [-0.05, 0) is 49.6 Å². The average molecular weight is 437 g/mol. The number of imide groups is 1. The van der Waals surface area contributed by atoms with Crippen LogP contribution < -0.4 is 10.6 Å². The van der Waals surface area contributed by atoms with Gasteiger partial charge in [-0.3, -0.25) is 19.7 Å². The maximum absolute atomic E-state index is 13.0. The summed E-state index contributed by atoms with van der Waals surface area (Å²) in [6.45, 7) is 3.78. The number of amides is 4. The van der Waals surface area contributed by atoms with Gasteiger partial charge < -0.3 is 15.0 Å². The van der Waals surface area contributed by atoms with Crippen LogP contribution in [0.3, 0.4) is 0 Å². The number of benzene rings is 1. The second-order valence-electron chi connectivity index (χ2n) is 7.88. The highest BCUT2D eigenvalue weighted by atomic mass is 16.6. The molecule has 4 rings (SSSR count). The summed E-state index contributed by atoms with van der Waals surface area (Å²) in [6.07, 6.45) is 0.836. The van der Waals surface area contributed by atoms with Crippen LogP contribution in [0.1, 0.15) is 66.0 Å². The fourth-order valence-corrected chi connectivity index (χ4v) is 3.88. The standard InChI is InChI=1S/C22H23N5O5/c1-12(17-4-3-9-23-26-17)24-22(31)32-13(2)14-5-6-15-11-27(21(30)16(15)10-14)18-7-8-19(28)25-20(18)29/h3-6,9-10,12-13,18H,7-8,11H2,1-2H3,(H,24,31)(H,25,28,29). The Hall–Kier alpha value is -3.82. The molecular weight excluding hydrogens is 414 g/mol. The van der Waals surface area contributed by atoms with Gasteiger partial charge >= 0.3 is 6.09 Å². The summed E-state index contributed by atoms with van der Waals surface area (Å²) >= 11 is 0. The topological polar surface area (TPSA) is 131 Å². The van der Waals surface area contributed by atoms with Gasteiger partial charge in [-0.1, -0.05) is 12.1 Å². The van der Waals surface area contributed by atoms with E-state index in [2.05, 4.69) is 20.8 Å². The molecule has 1 aromatic heterocycles. The number of rotatable bonds is 5. The summed E-state index contributed by atoms with van der Waals surface area (Å²) in [5, 5.41) is 12.7. The number of nitrogens with one attached hydrogen (secondary N) is 2. The van der Waals surface area contributed by atoms with Crippen molar-refractivity contribution in [1.82, 2.24) is 25.7 Å². The Kier molecular flexibility index (Phi) is 5.85. The molecule has 0 aliphatic carbocycles. The summed E-state index contributed by atoms with van der Waals surface area (Å²) in [7, 11) is 0. The zero-order valence-electron chi connectivity index (χ0n) is 17.7. The number of alkyl carbamates (subject to hydrolysis) is 1. The Morgan fingerprint density at radius 3 is 2.78 bits per heavy atom. The maximum atomic E-state index is 13.0. The largest absolute Gasteiger partial charge is 0.442 e. The number of nitrogens with zero attached hydrogens (tertiary/aromatic N) is 3. The van der Waals surface area contributed by atoms with Crippen LogP contribution in [0.5, 0.6) is 0 Å². The summed E-state index contributed by atoms with van der Waals surface area (Å²) < 4.78 is 5.47. The Bertz CT molecular complexity index is 1070. The molecule has 0 spiro atoms. The lowest BCUT2D eigenvalue weighted by Gasteiger charge is -2.29. The minimum atomic E-state index is -0.668. The van der Waals surface area contributed by atoms with E-state index in [0.717, 1.165) is 5.56 Å². The van der Waals surface area contributed by atoms with Crippen molar-refractivity contribution in [3.63, 3.8) is 0 Å². The number of piperidine rings is 1. The normalized spacial score (nSPS) is 19.8. The molecular formula is C22H23N5O5. The molecule has 10 nitrogen and oxygen atoms in total. The first-order valence-electron chi connectivity index (χ1n) is 10.4. The molecule has 166 valence electrons. The number of hydrogen-bond donors (Lipinski definition) is 2. The third kappa shape index (κ3) is 4.29. The van der Waals surface area contributed by atoms with E-state index in [1.54, 1.807) is 50.4 Å². The first-order chi connectivity index (χ1) is 15.3. The van der Waals surface area contributed by atoms with Crippen molar-refractivity contribution in [2.24, 2.45) is 0 Å². The molecule has 3 heterocycles. The molecule has 2 aliphatic rings. The monoisotopic (exact) mass is 437 g/mol. The average Bonchev–Trinajstić information content (AvgIpc) is 3.10. The highest BCUT2D eigenvalue weighted by Gasteiger charge is 2.39. The molecule has 4 amide bonds. The molecule has 32 heavy (non-hydrogen) atoms. The number of aromatic nitrogens is 2. The van der Waals surface area contributed by atoms with Crippen molar-refractivity contribution in [3.05, 3.63) is 58.9 Å². The molecule has 1 fully saturated rings. The lowest BCUT2D eigenvalue weighted by Crippen LogP contribution is -2.52. The molecule has 3 atom stereocenters. The van der Waals surface area contributed by atoms with Gasteiger partial charge in [0.25, 0.3) is 5.91 Å². The summed E-state index contributed by atoms with van der Waals surface area (Å²) in [5.41, 5.74) is 2.52. The summed E-state index contributed by atoms with van der Waals surface area (Å²) in [6, 6.07) is 7.72. The van der Waals surface area contributed by atoms with Crippen molar-refractivity contribution in [2.75, 3.05) is 0 Å². The van der Waals surface area contributed by atoms with E-state index in [1.807, 2.05) is 0 Å². The highest BCUT2D eigenvalue weighted by Crippen LogP contribution is 2.30. The molecule has 2 aliphatic heterocycles. The second kappa shape index (κ2) is 8.74. The zero-order valence-corrected chi connectivity index (χ0v) is 17.7. The Morgan fingerprint density at radius 1 is 1.25 bits per heavy atom. The molecule has 10 heteroatoms. The first kappa shape index (κ1) is 21.4.